The lowest BCUT2D eigenvalue weighted by Gasteiger charge is -2.17. The number of aromatic carboxylic acids is 1. The van der Waals surface area contributed by atoms with Gasteiger partial charge in [0.15, 0.2) is 0 Å². The molecule has 174 valence electrons. The molecule has 4 aromatic rings. The maximum Gasteiger partial charge on any atom is 0.417 e. The highest BCUT2D eigenvalue weighted by molar-refractivity contribution is 6.38. The van der Waals surface area contributed by atoms with Crippen molar-refractivity contribution in [2.45, 2.75) is 19.6 Å². The molecular weight excluding hydrogens is 469 g/mol. The number of benzene rings is 3. The van der Waals surface area contributed by atoms with Crippen molar-refractivity contribution in [2.75, 3.05) is 5.32 Å². The van der Waals surface area contributed by atoms with E-state index in [1.54, 1.807) is 43.3 Å². The molecule has 9 heteroatoms. The normalized spacial score (nSPS) is 11.6. The number of hydrogen-bond acceptors (Lipinski definition) is 2. The number of aromatic nitrogens is 1. The number of carboxylic acid groups (broad SMARTS) is 1. The Kier molecular flexibility index (Phi) is 6.10. The highest BCUT2D eigenvalue weighted by atomic mass is 35.5. The fourth-order valence-electron chi connectivity index (χ4n) is 4.01. The van der Waals surface area contributed by atoms with Gasteiger partial charge >= 0.3 is 12.1 Å². The summed E-state index contributed by atoms with van der Waals surface area (Å²) in [5.41, 5.74) is -0.359. The number of anilines is 1. The molecule has 5 nitrogen and oxygen atoms in total. The molecule has 1 amide bonds. The number of amides is 1. The monoisotopic (exact) mass is 486 g/mol. The molecule has 0 unspecified atom stereocenters. The zero-order chi connectivity index (χ0) is 24.6. The number of carbonyl (C=O) groups excluding carboxylic acids is 1. The van der Waals surface area contributed by atoms with Crippen LogP contribution in [0.4, 0.5) is 18.9 Å². The van der Waals surface area contributed by atoms with E-state index in [9.17, 15) is 27.9 Å². The van der Waals surface area contributed by atoms with Crippen LogP contribution in [0.3, 0.4) is 0 Å². The fourth-order valence-corrected chi connectivity index (χ4v) is 4.35. The Hall–Kier alpha value is -3.78. The Morgan fingerprint density at radius 2 is 1.74 bits per heavy atom. The molecule has 3 aromatic carbocycles. The van der Waals surface area contributed by atoms with E-state index in [0.29, 0.717) is 23.0 Å². The first-order chi connectivity index (χ1) is 16.1. The third-order valence-corrected chi connectivity index (χ3v) is 5.84. The molecule has 0 fully saturated rings. The summed E-state index contributed by atoms with van der Waals surface area (Å²) in [4.78, 5) is 24.8. The molecule has 0 radical (unpaired) electrons. The largest absolute Gasteiger partial charge is 0.477 e. The number of fused-ring (bicyclic) bond motifs is 1. The van der Waals surface area contributed by atoms with Crippen LogP contribution in [0.25, 0.3) is 22.0 Å². The first-order valence-corrected chi connectivity index (χ1v) is 10.6. The smallest absolute Gasteiger partial charge is 0.417 e. The second kappa shape index (κ2) is 8.87. The molecule has 0 aliphatic rings. The predicted molar refractivity (Wildman–Crippen MR) is 124 cm³/mol. The van der Waals surface area contributed by atoms with Crippen LogP contribution in [-0.4, -0.2) is 21.6 Å². The predicted octanol–water partition coefficient (Wildman–Crippen LogP) is 6.95. The molecule has 0 spiro atoms. The number of carbonyl (C=O) groups is 2. The van der Waals surface area contributed by atoms with Gasteiger partial charge in [-0.05, 0) is 42.3 Å². The molecule has 0 aliphatic heterocycles. The third-order valence-electron chi connectivity index (χ3n) is 5.46. The van der Waals surface area contributed by atoms with E-state index in [2.05, 4.69) is 5.32 Å². The van der Waals surface area contributed by atoms with Crippen LogP contribution in [0, 0.1) is 0 Å². The number of nitrogens with one attached hydrogen (secondary N) is 1. The standard InChI is InChI=1S/C25H18ClF3N2O3/c1-2-31-19-12-11-15(13-17(19)21(26)22(31)24(33)34)30-23(32)20-16(14-7-4-3-5-8-14)9-6-10-18(20)25(27,28)29/h3-13H,2H2,1H3,(H,30,32)(H,33,34). The number of nitrogens with zero attached hydrogens (tertiary/aromatic N) is 1. The highest BCUT2D eigenvalue weighted by Gasteiger charge is 2.36. The Morgan fingerprint density at radius 1 is 1.03 bits per heavy atom. The second-order valence-corrected chi connectivity index (χ2v) is 7.87. The van der Waals surface area contributed by atoms with Crippen molar-refractivity contribution in [3.8, 4) is 11.1 Å². The van der Waals surface area contributed by atoms with Crippen molar-refractivity contribution >= 4 is 40.1 Å². The van der Waals surface area contributed by atoms with Gasteiger partial charge in [-0.3, -0.25) is 4.79 Å². The molecule has 0 aliphatic carbocycles. The summed E-state index contributed by atoms with van der Waals surface area (Å²) < 4.78 is 42.9. The summed E-state index contributed by atoms with van der Waals surface area (Å²) in [6, 6.07) is 16.4. The Balaban J connectivity index is 1.82. The van der Waals surface area contributed by atoms with Crippen LogP contribution in [0.5, 0.6) is 0 Å². The minimum atomic E-state index is -4.75. The quantitative estimate of drug-likeness (QED) is 0.320. The summed E-state index contributed by atoms with van der Waals surface area (Å²) >= 11 is 6.29. The lowest BCUT2D eigenvalue weighted by Crippen LogP contribution is -2.20. The van der Waals surface area contributed by atoms with Crippen molar-refractivity contribution < 1.29 is 27.9 Å². The maximum atomic E-state index is 13.8. The van der Waals surface area contributed by atoms with Crippen LogP contribution in [0.2, 0.25) is 5.02 Å². The van der Waals surface area contributed by atoms with Crippen LogP contribution in [0.15, 0.2) is 66.7 Å². The average Bonchev–Trinajstić information content (AvgIpc) is 3.09. The van der Waals surface area contributed by atoms with Gasteiger partial charge in [-0.15, -0.1) is 0 Å². The minimum Gasteiger partial charge on any atom is -0.477 e. The molecular formula is C25H18ClF3N2O3. The molecule has 0 atom stereocenters. The van der Waals surface area contributed by atoms with Crippen LogP contribution < -0.4 is 5.32 Å². The van der Waals surface area contributed by atoms with Gasteiger partial charge in [-0.1, -0.05) is 54.1 Å². The number of hydrogen-bond donors (Lipinski definition) is 2. The van der Waals surface area contributed by atoms with E-state index in [4.69, 9.17) is 11.6 Å². The Morgan fingerprint density at radius 3 is 2.35 bits per heavy atom. The van der Waals surface area contributed by atoms with Crippen LogP contribution >= 0.6 is 11.6 Å². The minimum absolute atomic E-state index is 0.0129. The van der Waals surface area contributed by atoms with Crippen molar-refractivity contribution in [3.63, 3.8) is 0 Å². The van der Waals surface area contributed by atoms with Gasteiger partial charge < -0.3 is 15.0 Å². The van der Waals surface area contributed by atoms with E-state index in [-0.39, 0.29) is 22.0 Å². The molecule has 4 rings (SSSR count). The Labute approximate surface area is 197 Å². The topological polar surface area (TPSA) is 71.3 Å². The SMILES string of the molecule is CCn1c(C(=O)O)c(Cl)c2cc(NC(=O)c3c(-c4ccccc4)cccc3C(F)(F)F)ccc21. The maximum absolute atomic E-state index is 13.8. The van der Waals surface area contributed by atoms with Gasteiger partial charge in [0.25, 0.3) is 5.91 Å². The zero-order valence-corrected chi connectivity index (χ0v) is 18.5. The summed E-state index contributed by atoms with van der Waals surface area (Å²) in [6.45, 7) is 2.10. The molecule has 0 saturated heterocycles. The van der Waals surface area contributed by atoms with Gasteiger partial charge in [-0.25, -0.2) is 4.79 Å². The van der Waals surface area contributed by atoms with Gasteiger partial charge in [-0.2, -0.15) is 13.2 Å². The summed E-state index contributed by atoms with van der Waals surface area (Å²) in [5.74, 6) is -2.16. The molecule has 2 N–H and O–H groups in total. The van der Waals surface area contributed by atoms with E-state index < -0.39 is 29.2 Å². The third kappa shape index (κ3) is 4.12. The lowest BCUT2D eigenvalue weighted by molar-refractivity contribution is -0.137. The number of rotatable bonds is 5. The fraction of sp³-hybridized carbons (Fsp3) is 0.120. The Bertz CT molecular complexity index is 1410. The van der Waals surface area contributed by atoms with Gasteiger partial charge in [0.2, 0.25) is 0 Å². The van der Waals surface area contributed by atoms with E-state index in [1.165, 1.54) is 28.8 Å². The van der Waals surface area contributed by atoms with E-state index in [0.717, 1.165) is 6.07 Å². The second-order valence-electron chi connectivity index (χ2n) is 7.49. The summed E-state index contributed by atoms with van der Waals surface area (Å²) in [7, 11) is 0. The summed E-state index contributed by atoms with van der Waals surface area (Å²) in [6.07, 6.45) is -4.75. The zero-order valence-electron chi connectivity index (χ0n) is 17.8. The van der Waals surface area contributed by atoms with E-state index >= 15 is 0 Å². The number of aryl methyl sites for hydroxylation is 1. The molecule has 0 bridgehead atoms. The van der Waals surface area contributed by atoms with Crippen LogP contribution in [-0.2, 0) is 12.7 Å². The number of alkyl halides is 3. The number of halogens is 4. The molecule has 1 aromatic heterocycles. The molecule has 1 heterocycles. The van der Waals surface area contributed by atoms with Crippen molar-refractivity contribution in [2.24, 2.45) is 0 Å². The average molecular weight is 487 g/mol. The summed E-state index contributed by atoms with van der Waals surface area (Å²) in [5, 5.41) is 12.4. The number of carboxylic acids is 1. The first-order valence-electron chi connectivity index (χ1n) is 10.3. The highest BCUT2D eigenvalue weighted by Crippen LogP contribution is 2.38. The van der Waals surface area contributed by atoms with Crippen LogP contribution in [0.1, 0.15) is 33.3 Å². The van der Waals surface area contributed by atoms with Gasteiger partial charge in [0, 0.05) is 17.6 Å². The molecule has 0 saturated carbocycles. The van der Waals surface area contributed by atoms with Crippen molar-refractivity contribution in [1.29, 1.82) is 0 Å². The van der Waals surface area contributed by atoms with Gasteiger partial charge in [0.05, 0.1) is 21.7 Å². The van der Waals surface area contributed by atoms with Gasteiger partial charge in [0.1, 0.15) is 5.69 Å². The lowest BCUT2D eigenvalue weighted by atomic mass is 9.94. The first kappa shape index (κ1) is 23.4. The van der Waals surface area contributed by atoms with Crippen molar-refractivity contribution in [3.05, 3.63) is 88.6 Å². The van der Waals surface area contributed by atoms with E-state index in [1.807, 2.05) is 0 Å². The van der Waals surface area contributed by atoms with Crippen molar-refractivity contribution in [1.82, 2.24) is 4.57 Å². The molecule has 34 heavy (non-hydrogen) atoms.